The van der Waals surface area contributed by atoms with Crippen LogP contribution in [0.1, 0.15) is 51.5 Å². The molecule has 4 heteroatoms. The van der Waals surface area contributed by atoms with E-state index in [1.807, 2.05) is 18.2 Å². The van der Waals surface area contributed by atoms with Crippen molar-refractivity contribution in [3.8, 4) is 0 Å². The van der Waals surface area contributed by atoms with Gasteiger partial charge in [-0.15, -0.1) is 0 Å². The monoisotopic (exact) mass is 292 g/mol. The van der Waals surface area contributed by atoms with Crippen molar-refractivity contribution in [2.45, 2.75) is 46.0 Å². The molecule has 0 aliphatic carbocycles. The molecule has 0 fully saturated rings. The average molecular weight is 292 g/mol. The van der Waals surface area contributed by atoms with Crippen molar-refractivity contribution in [3.05, 3.63) is 29.8 Å². The van der Waals surface area contributed by atoms with Gasteiger partial charge in [0.15, 0.2) is 0 Å². The highest BCUT2D eigenvalue weighted by atomic mass is 16.5. The molecule has 0 aliphatic rings. The van der Waals surface area contributed by atoms with Gasteiger partial charge in [-0.05, 0) is 36.5 Å². The first-order valence-electron chi connectivity index (χ1n) is 7.86. The number of unbranched alkanes of at least 4 members (excludes halogenated alkanes) is 1. The fraction of sp³-hybridized carbons (Fsp3) is 0.588. The summed E-state index contributed by atoms with van der Waals surface area (Å²) in [6, 6.07) is 7.79. The summed E-state index contributed by atoms with van der Waals surface area (Å²) >= 11 is 0. The van der Waals surface area contributed by atoms with Crippen LogP contribution in [0.25, 0.3) is 0 Å². The number of carbonyl (C=O) groups excluding carboxylic acids is 1. The van der Waals surface area contributed by atoms with Crippen LogP contribution in [0.4, 0.5) is 10.5 Å². The van der Waals surface area contributed by atoms with Gasteiger partial charge < -0.3 is 15.4 Å². The van der Waals surface area contributed by atoms with E-state index < -0.39 is 0 Å². The van der Waals surface area contributed by atoms with Crippen LogP contribution in [0.3, 0.4) is 0 Å². The zero-order valence-electron chi connectivity index (χ0n) is 13.4. The normalized spacial score (nSPS) is 10.7. The van der Waals surface area contributed by atoms with Crippen molar-refractivity contribution >= 4 is 11.7 Å². The van der Waals surface area contributed by atoms with Gasteiger partial charge in [0.2, 0.25) is 0 Å². The maximum atomic E-state index is 11.8. The molecule has 0 unspecified atom stereocenters. The Morgan fingerprint density at radius 1 is 1.24 bits per heavy atom. The van der Waals surface area contributed by atoms with Crippen molar-refractivity contribution in [1.29, 1.82) is 0 Å². The van der Waals surface area contributed by atoms with Crippen LogP contribution in [0.2, 0.25) is 0 Å². The molecule has 21 heavy (non-hydrogen) atoms. The van der Waals surface area contributed by atoms with Gasteiger partial charge in [-0.2, -0.15) is 0 Å². The fourth-order valence-electron chi connectivity index (χ4n) is 1.88. The smallest absolute Gasteiger partial charge is 0.319 e. The fourth-order valence-corrected chi connectivity index (χ4v) is 1.88. The molecule has 1 aromatic rings. The quantitative estimate of drug-likeness (QED) is 0.672. The van der Waals surface area contributed by atoms with E-state index in [4.69, 9.17) is 4.74 Å². The predicted molar refractivity (Wildman–Crippen MR) is 87.9 cm³/mol. The van der Waals surface area contributed by atoms with Crippen LogP contribution in [-0.4, -0.2) is 25.8 Å². The molecule has 0 saturated heterocycles. The third-order valence-corrected chi connectivity index (χ3v) is 3.20. The van der Waals surface area contributed by atoms with Crippen molar-refractivity contribution in [2.75, 3.05) is 25.1 Å². The number of hydrogen-bond acceptors (Lipinski definition) is 2. The number of ether oxygens (including phenoxy) is 1. The third kappa shape index (κ3) is 7.71. The van der Waals surface area contributed by atoms with Gasteiger partial charge in [-0.3, -0.25) is 0 Å². The molecule has 0 spiro atoms. The summed E-state index contributed by atoms with van der Waals surface area (Å²) in [7, 11) is 0. The lowest BCUT2D eigenvalue weighted by molar-refractivity contribution is 0.129. The van der Waals surface area contributed by atoms with Crippen molar-refractivity contribution in [2.24, 2.45) is 0 Å². The van der Waals surface area contributed by atoms with Crippen molar-refractivity contribution < 1.29 is 9.53 Å². The SMILES string of the molecule is CCCCOCCCNC(=O)Nc1cccc(C(C)C)c1. The van der Waals surface area contributed by atoms with Gasteiger partial charge in [-0.25, -0.2) is 4.79 Å². The molecule has 0 aromatic heterocycles. The minimum atomic E-state index is -0.163. The Balaban J connectivity index is 2.20. The Morgan fingerprint density at radius 3 is 2.71 bits per heavy atom. The molecular formula is C17H28N2O2. The highest BCUT2D eigenvalue weighted by Crippen LogP contribution is 2.18. The van der Waals surface area contributed by atoms with E-state index >= 15 is 0 Å². The molecule has 1 rings (SSSR count). The Kier molecular flexibility index (Phi) is 8.51. The first kappa shape index (κ1) is 17.5. The van der Waals surface area contributed by atoms with Crippen LogP contribution in [-0.2, 0) is 4.74 Å². The van der Waals surface area contributed by atoms with E-state index in [0.717, 1.165) is 31.6 Å². The molecule has 0 atom stereocenters. The van der Waals surface area contributed by atoms with Gasteiger partial charge in [-0.1, -0.05) is 39.3 Å². The Labute approximate surface area is 128 Å². The number of benzene rings is 1. The predicted octanol–water partition coefficient (Wildman–Crippen LogP) is 4.14. The van der Waals surface area contributed by atoms with Crippen LogP contribution in [0.15, 0.2) is 24.3 Å². The Morgan fingerprint density at radius 2 is 2.00 bits per heavy atom. The topological polar surface area (TPSA) is 50.4 Å². The summed E-state index contributed by atoms with van der Waals surface area (Å²) in [4.78, 5) is 11.8. The van der Waals surface area contributed by atoms with Crippen LogP contribution >= 0.6 is 0 Å². The lowest BCUT2D eigenvalue weighted by atomic mass is 10.0. The van der Waals surface area contributed by atoms with Crippen LogP contribution in [0.5, 0.6) is 0 Å². The second-order valence-corrected chi connectivity index (χ2v) is 5.48. The molecular weight excluding hydrogens is 264 g/mol. The number of amides is 2. The minimum Gasteiger partial charge on any atom is -0.381 e. The minimum absolute atomic E-state index is 0.163. The largest absolute Gasteiger partial charge is 0.381 e. The Hall–Kier alpha value is -1.55. The summed E-state index contributed by atoms with van der Waals surface area (Å²) in [6.45, 7) is 8.55. The third-order valence-electron chi connectivity index (χ3n) is 3.20. The summed E-state index contributed by atoms with van der Waals surface area (Å²) in [5, 5.41) is 5.70. The average Bonchev–Trinajstić information content (AvgIpc) is 2.46. The van der Waals surface area contributed by atoms with Crippen LogP contribution < -0.4 is 10.6 Å². The molecule has 2 amide bonds. The lowest BCUT2D eigenvalue weighted by Crippen LogP contribution is -2.30. The molecule has 0 aliphatic heterocycles. The number of hydrogen-bond donors (Lipinski definition) is 2. The summed E-state index contributed by atoms with van der Waals surface area (Å²) in [6.07, 6.45) is 3.08. The summed E-state index contributed by atoms with van der Waals surface area (Å²) in [5.41, 5.74) is 2.05. The molecule has 0 bridgehead atoms. The molecule has 0 heterocycles. The van der Waals surface area contributed by atoms with E-state index in [9.17, 15) is 4.79 Å². The van der Waals surface area contributed by atoms with Gasteiger partial charge in [0.1, 0.15) is 0 Å². The second kappa shape index (κ2) is 10.2. The standard InChI is InChI=1S/C17H28N2O2/c1-4-5-11-21-12-7-10-18-17(20)19-16-9-6-8-15(13-16)14(2)3/h6,8-9,13-14H,4-5,7,10-12H2,1-3H3,(H2,18,19,20). The van der Waals surface area contributed by atoms with E-state index in [-0.39, 0.29) is 6.03 Å². The first-order valence-corrected chi connectivity index (χ1v) is 7.86. The molecule has 1 aromatic carbocycles. The number of urea groups is 1. The Bertz CT molecular complexity index is 419. The zero-order chi connectivity index (χ0) is 15.5. The molecule has 0 saturated carbocycles. The zero-order valence-corrected chi connectivity index (χ0v) is 13.4. The maximum absolute atomic E-state index is 11.8. The van der Waals surface area contributed by atoms with Crippen molar-refractivity contribution in [1.82, 2.24) is 5.32 Å². The highest BCUT2D eigenvalue weighted by Gasteiger charge is 2.03. The number of anilines is 1. The highest BCUT2D eigenvalue weighted by molar-refractivity contribution is 5.89. The molecule has 4 nitrogen and oxygen atoms in total. The van der Waals surface area contributed by atoms with Crippen molar-refractivity contribution in [3.63, 3.8) is 0 Å². The van der Waals surface area contributed by atoms with Gasteiger partial charge in [0.25, 0.3) is 0 Å². The molecule has 0 radical (unpaired) electrons. The lowest BCUT2D eigenvalue weighted by Gasteiger charge is -2.10. The number of rotatable bonds is 9. The van der Waals surface area contributed by atoms with Crippen LogP contribution in [0, 0.1) is 0 Å². The van der Waals surface area contributed by atoms with E-state index in [1.165, 1.54) is 5.56 Å². The van der Waals surface area contributed by atoms with Gasteiger partial charge in [0, 0.05) is 25.4 Å². The van der Waals surface area contributed by atoms with Gasteiger partial charge >= 0.3 is 6.03 Å². The molecule has 2 N–H and O–H groups in total. The summed E-state index contributed by atoms with van der Waals surface area (Å²) in [5.74, 6) is 0.454. The second-order valence-electron chi connectivity index (χ2n) is 5.48. The van der Waals surface area contributed by atoms with E-state index in [2.05, 4.69) is 37.5 Å². The van der Waals surface area contributed by atoms with Gasteiger partial charge in [0.05, 0.1) is 0 Å². The van der Waals surface area contributed by atoms with E-state index in [0.29, 0.717) is 19.1 Å². The number of carbonyl (C=O) groups is 1. The van der Waals surface area contributed by atoms with E-state index in [1.54, 1.807) is 0 Å². The maximum Gasteiger partial charge on any atom is 0.319 e. The number of nitrogens with one attached hydrogen (secondary N) is 2. The first-order chi connectivity index (χ1) is 10.1. The summed E-state index contributed by atoms with van der Waals surface area (Å²) < 4.78 is 5.44. The molecule has 118 valence electrons.